The average Bonchev–Trinajstić information content (AvgIpc) is 2.37. The summed E-state index contributed by atoms with van der Waals surface area (Å²) in [5, 5.41) is 20.6. The maximum Gasteiger partial charge on any atom is 0.417 e. The van der Waals surface area contributed by atoms with Crippen molar-refractivity contribution in [1.29, 1.82) is 5.26 Å². The predicted octanol–water partition coefficient (Wildman–Crippen LogP) is 1.91. The molecule has 1 aromatic carbocycles. The molecule has 1 rings (SSSR count). The number of amides is 1. The van der Waals surface area contributed by atoms with Crippen LogP contribution in [-0.4, -0.2) is 30.3 Å². The Kier molecular flexibility index (Phi) is 4.93. The van der Waals surface area contributed by atoms with Crippen molar-refractivity contribution in [1.82, 2.24) is 0 Å². The molecule has 0 spiro atoms. The lowest BCUT2D eigenvalue weighted by Crippen LogP contribution is -2.43. The van der Waals surface area contributed by atoms with Gasteiger partial charge in [-0.2, -0.15) is 18.4 Å². The fourth-order valence-corrected chi connectivity index (χ4v) is 1.57. The molecule has 0 heterocycles. The van der Waals surface area contributed by atoms with Crippen molar-refractivity contribution in [3.8, 4) is 6.07 Å². The topological polar surface area (TPSA) is 82.3 Å². The quantitative estimate of drug-likeness (QED) is 0.890. The highest BCUT2D eigenvalue weighted by Crippen LogP contribution is 2.33. The van der Waals surface area contributed by atoms with Gasteiger partial charge in [-0.15, -0.1) is 0 Å². The van der Waals surface area contributed by atoms with Gasteiger partial charge in [-0.1, -0.05) is 0 Å². The summed E-state index contributed by atoms with van der Waals surface area (Å²) in [4.78, 5) is 11.8. The first-order chi connectivity index (χ1) is 9.61. The summed E-state index contributed by atoms with van der Waals surface area (Å²) < 4.78 is 43.0. The normalized spacial score (nSPS) is 14.1. The Morgan fingerprint density at radius 3 is 2.57 bits per heavy atom. The van der Waals surface area contributed by atoms with Crippen LogP contribution in [0.4, 0.5) is 18.9 Å². The van der Waals surface area contributed by atoms with E-state index in [4.69, 9.17) is 5.26 Å². The number of ether oxygens (including phenoxy) is 1. The number of benzene rings is 1. The highest BCUT2D eigenvalue weighted by Gasteiger charge is 2.35. The molecule has 0 radical (unpaired) electrons. The number of halogens is 3. The van der Waals surface area contributed by atoms with Crippen molar-refractivity contribution < 1.29 is 27.8 Å². The maximum atomic E-state index is 12.8. The third kappa shape index (κ3) is 4.18. The third-order valence-corrected chi connectivity index (χ3v) is 2.62. The lowest BCUT2D eigenvalue weighted by atomic mass is 10.1. The van der Waals surface area contributed by atoms with Crippen LogP contribution in [0, 0.1) is 11.3 Å². The Bertz CT molecular complexity index is 577. The minimum atomic E-state index is -4.72. The zero-order chi connectivity index (χ0) is 16.3. The van der Waals surface area contributed by atoms with Gasteiger partial charge in [0.25, 0.3) is 5.91 Å². The number of carbonyl (C=O) groups is 1. The maximum absolute atomic E-state index is 12.8. The molecule has 0 aliphatic heterocycles. The van der Waals surface area contributed by atoms with E-state index in [1.165, 1.54) is 20.1 Å². The van der Waals surface area contributed by atoms with Gasteiger partial charge in [0.15, 0.2) is 5.60 Å². The van der Waals surface area contributed by atoms with Gasteiger partial charge in [0.05, 0.1) is 23.8 Å². The van der Waals surface area contributed by atoms with Crippen LogP contribution >= 0.6 is 0 Å². The fourth-order valence-electron chi connectivity index (χ4n) is 1.57. The van der Waals surface area contributed by atoms with Gasteiger partial charge in [0.2, 0.25) is 0 Å². The molecule has 0 saturated carbocycles. The number of rotatable bonds is 4. The van der Waals surface area contributed by atoms with E-state index in [0.717, 1.165) is 12.1 Å². The number of alkyl halides is 3. The Hall–Kier alpha value is -2.11. The van der Waals surface area contributed by atoms with Crippen molar-refractivity contribution >= 4 is 11.6 Å². The number of nitrogens with zero attached hydrogens (tertiary/aromatic N) is 1. The van der Waals surface area contributed by atoms with E-state index < -0.39 is 28.8 Å². The Labute approximate surface area is 118 Å². The summed E-state index contributed by atoms with van der Waals surface area (Å²) >= 11 is 0. The number of hydrogen-bond donors (Lipinski definition) is 2. The zero-order valence-corrected chi connectivity index (χ0v) is 11.3. The molecule has 0 aromatic heterocycles. The third-order valence-electron chi connectivity index (χ3n) is 2.62. The van der Waals surface area contributed by atoms with E-state index in [0.29, 0.717) is 6.07 Å². The van der Waals surface area contributed by atoms with E-state index in [1.807, 2.05) is 0 Å². The molecule has 0 unspecified atom stereocenters. The van der Waals surface area contributed by atoms with Crippen LogP contribution in [0.25, 0.3) is 0 Å². The second kappa shape index (κ2) is 6.11. The monoisotopic (exact) mass is 302 g/mol. The van der Waals surface area contributed by atoms with E-state index in [2.05, 4.69) is 10.1 Å². The predicted molar refractivity (Wildman–Crippen MR) is 67.3 cm³/mol. The van der Waals surface area contributed by atoms with Crippen molar-refractivity contribution in [2.24, 2.45) is 0 Å². The van der Waals surface area contributed by atoms with Gasteiger partial charge < -0.3 is 15.2 Å². The van der Waals surface area contributed by atoms with Crippen LogP contribution in [0.2, 0.25) is 0 Å². The summed E-state index contributed by atoms with van der Waals surface area (Å²) in [5.74, 6) is -0.915. The van der Waals surface area contributed by atoms with E-state index in [-0.39, 0.29) is 12.3 Å². The molecular formula is C13H13F3N2O3. The first kappa shape index (κ1) is 16.9. The summed E-state index contributed by atoms with van der Waals surface area (Å²) in [5.41, 5.74) is -3.78. The molecule has 0 fully saturated rings. The number of nitrogens with one attached hydrogen (secondary N) is 1. The minimum Gasteiger partial charge on any atom is -0.381 e. The van der Waals surface area contributed by atoms with E-state index in [9.17, 15) is 23.1 Å². The number of anilines is 1. The fraction of sp³-hybridized carbons (Fsp3) is 0.385. The van der Waals surface area contributed by atoms with E-state index >= 15 is 0 Å². The Balaban J connectivity index is 3.07. The van der Waals surface area contributed by atoms with E-state index in [1.54, 1.807) is 0 Å². The molecule has 1 aromatic rings. The average molecular weight is 302 g/mol. The summed E-state index contributed by atoms with van der Waals surface area (Å²) in [6, 6.07) is 4.16. The number of nitriles is 1. The molecule has 2 N–H and O–H groups in total. The van der Waals surface area contributed by atoms with Crippen molar-refractivity contribution in [3.63, 3.8) is 0 Å². The summed E-state index contributed by atoms with van der Waals surface area (Å²) in [6.45, 7) is 0.849. The molecule has 114 valence electrons. The highest BCUT2D eigenvalue weighted by molar-refractivity contribution is 5.97. The van der Waals surface area contributed by atoms with Crippen LogP contribution in [-0.2, 0) is 15.7 Å². The second-order valence-electron chi connectivity index (χ2n) is 4.53. The molecule has 5 nitrogen and oxygen atoms in total. The highest BCUT2D eigenvalue weighted by atomic mass is 19.4. The number of aliphatic hydroxyl groups is 1. The van der Waals surface area contributed by atoms with Crippen molar-refractivity contribution in [2.45, 2.75) is 18.7 Å². The molecular weight excluding hydrogens is 289 g/mol. The molecule has 8 heteroatoms. The molecule has 0 aliphatic carbocycles. The van der Waals surface area contributed by atoms with Crippen LogP contribution in [0.1, 0.15) is 18.1 Å². The standard InChI is InChI=1S/C13H13F3N2O3/c1-12(20,7-21-2)11(19)18-9-4-3-8(6-17)10(5-9)13(14,15)16/h3-5,20H,7H2,1-2H3,(H,18,19)/t12-/m0/s1. The summed E-state index contributed by atoms with van der Waals surface area (Å²) in [6.07, 6.45) is -4.72. The molecule has 0 saturated heterocycles. The van der Waals surface area contributed by atoms with Gasteiger partial charge in [-0.25, -0.2) is 0 Å². The van der Waals surface area contributed by atoms with Gasteiger partial charge >= 0.3 is 6.18 Å². The van der Waals surface area contributed by atoms with Crippen molar-refractivity contribution in [3.05, 3.63) is 29.3 Å². The zero-order valence-electron chi connectivity index (χ0n) is 11.3. The van der Waals surface area contributed by atoms with Crippen LogP contribution in [0.15, 0.2) is 18.2 Å². The van der Waals surface area contributed by atoms with Gasteiger partial charge in [-0.3, -0.25) is 4.79 Å². The molecule has 1 atom stereocenters. The Morgan fingerprint density at radius 2 is 2.10 bits per heavy atom. The van der Waals surface area contributed by atoms with Gasteiger partial charge in [0, 0.05) is 12.8 Å². The number of carbonyl (C=O) groups excluding carboxylic acids is 1. The molecule has 0 bridgehead atoms. The minimum absolute atomic E-state index is 0.178. The van der Waals surface area contributed by atoms with Gasteiger partial charge in [-0.05, 0) is 25.1 Å². The number of hydrogen-bond acceptors (Lipinski definition) is 4. The van der Waals surface area contributed by atoms with Crippen LogP contribution in [0.3, 0.4) is 0 Å². The number of methoxy groups -OCH3 is 1. The lowest BCUT2D eigenvalue weighted by molar-refractivity contribution is -0.138. The first-order valence-corrected chi connectivity index (χ1v) is 5.76. The van der Waals surface area contributed by atoms with Gasteiger partial charge in [0.1, 0.15) is 0 Å². The Morgan fingerprint density at radius 1 is 1.48 bits per heavy atom. The molecule has 21 heavy (non-hydrogen) atoms. The smallest absolute Gasteiger partial charge is 0.381 e. The largest absolute Gasteiger partial charge is 0.417 e. The van der Waals surface area contributed by atoms with Crippen LogP contribution in [0.5, 0.6) is 0 Å². The summed E-state index contributed by atoms with van der Waals surface area (Å²) in [7, 11) is 1.27. The van der Waals surface area contributed by atoms with Crippen molar-refractivity contribution in [2.75, 3.05) is 19.0 Å². The SMILES string of the molecule is COC[C@](C)(O)C(=O)Nc1ccc(C#N)c(C(F)(F)F)c1. The lowest BCUT2D eigenvalue weighted by Gasteiger charge is -2.21. The van der Waals surface area contributed by atoms with Crippen LogP contribution < -0.4 is 5.32 Å². The molecule has 1 amide bonds. The first-order valence-electron chi connectivity index (χ1n) is 5.76. The molecule has 0 aliphatic rings. The second-order valence-corrected chi connectivity index (χ2v) is 4.53.